The lowest BCUT2D eigenvalue weighted by Gasteiger charge is -2.31. The number of carbonyl (C=O) groups is 2. The molecule has 156 valence electrons. The summed E-state index contributed by atoms with van der Waals surface area (Å²) in [5.41, 5.74) is 2.47. The molecule has 0 aliphatic carbocycles. The van der Waals surface area contributed by atoms with Gasteiger partial charge in [-0.2, -0.15) is 5.26 Å². The Kier molecular flexibility index (Phi) is 7.24. The van der Waals surface area contributed by atoms with Gasteiger partial charge in [-0.25, -0.2) is 0 Å². The molecule has 0 radical (unpaired) electrons. The Labute approximate surface area is 178 Å². The number of aryl methyl sites for hydroxylation is 1. The smallest absolute Gasteiger partial charge is 0.240 e. The van der Waals surface area contributed by atoms with Crippen LogP contribution in [-0.2, 0) is 4.79 Å². The minimum absolute atomic E-state index is 0.0671. The molecule has 5 nitrogen and oxygen atoms in total. The predicted octanol–water partition coefficient (Wildman–Crippen LogP) is 4.51. The van der Waals surface area contributed by atoms with E-state index in [2.05, 4.69) is 6.07 Å². The van der Waals surface area contributed by atoms with Crippen molar-refractivity contribution < 1.29 is 14.3 Å². The molecule has 1 aliphatic heterocycles. The number of nitriles is 1. The Balaban J connectivity index is 1.90. The molecule has 1 aliphatic rings. The number of amides is 1. The molecule has 1 amide bonds. The highest BCUT2D eigenvalue weighted by atomic mass is 16.5. The molecule has 0 spiro atoms. The number of nitrogens with zero attached hydrogens (tertiary/aromatic N) is 2. The summed E-state index contributed by atoms with van der Waals surface area (Å²) >= 11 is 0. The summed E-state index contributed by atoms with van der Waals surface area (Å²) in [4.78, 5) is 28.0. The van der Waals surface area contributed by atoms with Crippen molar-refractivity contribution in [2.45, 2.75) is 38.5 Å². The van der Waals surface area contributed by atoms with Crippen LogP contribution < -0.4 is 4.74 Å². The van der Waals surface area contributed by atoms with Crippen molar-refractivity contribution in [3.05, 3.63) is 65.2 Å². The molecule has 5 heteroatoms. The van der Waals surface area contributed by atoms with Crippen molar-refractivity contribution in [3.8, 4) is 11.8 Å². The summed E-state index contributed by atoms with van der Waals surface area (Å²) in [5.74, 6) is -0.953. The van der Waals surface area contributed by atoms with Gasteiger partial charge in [0, 0.05) is 31.0 Å². The Morgan fingerprint density at radius 1 is 1.03 bits per heavy atom. The highest BCUT2D eigenvalue weighted by Gasteiger charge is 2.35. The molecule has 2 aromatic rings. The summed E-state index contributed by atoms with van der Waals surface area (Å²) in [6.07, 6.45) is 3.13. The van der Waals surface area contributed by atoms with Gasteiger partial charge < -0.3 is 9.64 Å². The Morgan fingerprint density at radius 2 is 1.67 bits per heavy atom. The third-order valence-corrected chi connectivity index (χ3v) is 5.80. The van der Waals surface area contributed by atoms with Crippen LogP contribution in [0.1, 0.15) is 53.1 Å². The lowest BCUT2D eigenvalue weighted by Crippen LogP contribution is -2.41. The Morgan fingerprint density at radius 3 is 2.23 bits per heavy atom. The highest BCUT2D eigenvalue weighted by Crippen LogP contribution is 2.33. The highest BCUT2D eigenvalue weighted by molar-refractivity contribution is 5.97. The zero-order valence-electron chi connectivity index (χ0n) is 17.6. The standard InChI is InChI=1S/C25H28N2O3/c1-18-6-8-20(9-7-18)24(28)16-22(19-10-12-21(30-2)13-11-19)23(17-26)25(29)27-14-4-3-5-15-27/h6-13,22-23H,3-5,14-16H2,1-2H3. The van der Waals surface area contributed by atoms with Crippen LogP contribution in [0.4, 0.5) is 0 Å². The number of ether oxygens (including phenoxy) is 1. The van der Waals surface area contributed by atoms with Gasteiger partial charge in [-0.15, -0.1) is 0 Å². The molecule has 0 saturated carbocycles. The lowest BCUT2D eigenvalue weighted by atomic mass is 9.81. The first-order valence-corrected chi connectivity index (χ1v) is 10.5. The average molecular weight is 405 g/mol. The summed E-state index contributed by atoms with van der Waals surface area (Å²) in [5, 5.41) is 9.95. The van der Waals surface area contributed by atoms with E-state index in [0.29, 0.717) is 24.4 Å². The second-order valence-electron chi connectivity index (χ2n) is 7.87. The molecule has 2 atom stereocenters. The average Bonchev–Trinajstić information content (AvgIpc) is 2.79. The second-order valence-corrected chi connectivity index (χ2v) is 7.87. The molecule has 1 fully saturated rings. The number of benzene rings is 2. The zero-order chi connectivity index (χ0) is 21.5. The van der Waals surface area contributed by atoms with Crippen LogP contribution in [-0.4, -0.2) is 36.8 Å². The maximum absolute atomic E-state index is 13.2. The first-order valence-electron chi connectivity index (χ1n) is 10.5. The van der Waals surface area contributed by atoms with Crippen molar-refractivity contribution in [1.29, 1.82) is 5.26 Å². The number of rotatable bonds is 7. The molecule has 3 rings (SSSR count). The van der Waals surface area contributed by atoms with E-state index >= 15 is 0 Å². The second kappa shape index (κ2) is 10.1. The molecule has 0 N–H and O–H groups in total. The van der Waals surface area contributed by atoms with Gasteiger partial charge in [0.05, 0.1) is 13.2 Å². The number of likely N-dealkylation sites (tertiary alicyclic amines) is 1. The number of hydrogen-bond acceptors (Lipinski definition) is 4. The zero-order valence-corrected chi connectivity index (χ0v) is 17.6. The summed E-state index contributed by atoms with van der Waals surface area (Å²) in [7, 11) is 1.59. The van der Waals surface area contributed by atoms with Gasteiger partial charge in [0.15, 0.2) is 5.78 Å². The first kappa shape index (κ1) is 21.6. The maximum atomic E-state index is 13.2. The first-order chi connectivity index (χ1) is 14.5. The van der Waals surface area contributed by atoms with E-state index in [9.17, 15) is 14.9 Å². The predicted molar refractivity (Wildman–Crippen MR) is 115 cm³/mol. The van der Waals surface area contributed by atoms with Crippen molar-refractivity contribution in [3.63, 3.8) is 0 Å². The normalized spacial score (nSPS) is 15.7. The van der Waals surface area contributed by atoms with Crippen LogP contribution >= 0.6 is 0 Å². The largest absolute Gasteiger partial charge is 0.497 e. The van der Waals surface area contributed by atoms with Crippen molar-refractivity contribution in [2.75, 3.05) is 20.2 Å². The van der Waals surface area contributed by atoms with Crippen LogP contribution in [0.15, 0.2) is 48.5 Å². The van der Waals surface area contributed by atoms with Gasteiger partial charge in [-0.3, -0.25) is 9.59 Å². The van der Waals surface area contributed by atoms with Crippen LogP contribution in [0.3, 0.4) is 0 Å². The summed E-state index contributed by atoms with van der Waals surface area (Å²) in [6, 6.07) is 16.9. The van der Waals surface area contributed by atoms with Gasteiger partial charge in [0.2, 0.25) is 5.91 Å². The minimum atomic E-state index is -0.897. The third kappa shape index (κ3) is 5.07. The van der Waals surface area contributed by atoms with Crippen LogP contribution in [0.5, 0.6) is 5.75 Å². The van der Waals surface area contributed by atoms with E-state index in [1.807, 2.05) is 31.2 Å². The minimum Gasteiger partial charge on any atom is -0.497 e. The summed E-state index contributed by atoms with van der Waals surface area (Å²) < 4.78 is 5.23. The topological polar surface area (TPSA) is 70.4 Å². The van der Waals surface area contributed by atoms with Gasteiger partial charge in [-0.1, -0.05) is 42.0 Å². The van der Waals surface area contributed by atoms with Gasteiger partial charge in [0.1, 0.15) is 11.7 Å². The number of Topliss-reactive ketones (excluding diaryl/α,β-unsaturated/α-hetero) is 1. The summed E-state index contributed by atoms with van der Waals surface area (Å²) in [6.45, 7) is 3.33. The van der Waals surface area contributed by atoms with Gasteiger partial charge >= 0.3 is 0 Å². The van der Waals surface area contributed by atoms with Crippen molar-refractivity contribution >= 4 is 11.7 Å². The number of piperidine rings is 1. The van der Waals surface area contributed by atoms with E-state index < -0.39 is 11.8 Å². The van der Waals surface area contributed by atoms with E-state index in [4.69, 9.17) is 4.74 Å². The van der Waals surface area contributed by atoms with E-state index in [0.717, 1.165) is 30.4 Å². The number of carbonyl (C=O) groups excluding carboxylic acids is 2. The number of methoxy groups -OCH3 is 1. The molecule has 2 unspecified atom stereocenters. The SMILES string of the molecule is COc1ccc(C(CC(=O)c2ccc(C)cc2)C(C#N)C(=O)N2CCCCC2)cc1. The lowest BCUT2D eigenvalue weighted by molar-refractivity contribution is -0.135. The Hall–Kier alpha value is -3.13. The Bertz CT molecular complexity index is 907. The monoisotopic (exact) mass is 404 g/mol. The molecule has 2 aromatic carbocycles. The van der Waals surface area contributed by atoms with E-state index in [-0.39, 0.29) is 18.1 Å². The van der Waals surface area contributed by atoms with Crippen LogP contribution in [0.2, 0.25) is 0 Å². The van der Waals surface area contributed by atoms with Gasteiger partial charge in [-0.05, 0) is 43.9 Å². The quantitative estimate of drug-likeness (QED) is 0.637. The molecule has 1 saturated heterocycles. The van der Waals surface area contributed by atoms with Crippen LogP contribution in [0.25, 0.3) is 0 Å². The van der Waals surface area contributed by atoms with E-state index in [1.165, 1.54) is 0 Å². The third-order valence-electron chi connectivity index (χ3n) is 5.80. The molecule has 0 bridgehead atoms. The molecule has 1 heterocycles. The van der Waals surface area contributed by atoms with E-state index in [1.54, 1.807) is 36.3 Å². The molecular weight excluding hydrogens is 376 g/mol. The fourth-order valence-corrected chi connectivity index (χ4v) is 3.96. The fraction of sp³-hybridized carbons (Fsp3) is 0.400. The van der Waals surface area contributed by atoms with Crippen LogP contribution in [0, 0.1) is 24.2 Å². The molecule has 0 aromatic heterocycles. The fourth-order valence-electron chi connectivity index (χ4n) is 3.96. The maximum Gasteiger partial charge on any atom is 0.240 e. The molecule has 30 heavy (non-hydrogen) atoms. The van der Waals surface area contributed by atoms with Crippen molar-refractivity contribution in [2.24, 2.45) is 5.92 Å². The van der Waals surface area contributed by atoms with Crippen molar-refractivity contribution in [1.82, 2.24) is 4.90 Å². The van der Waals surface area contributed by atoms with Gasteiger partial charge in [0.25, 0.3) is 0 Å². The number of ketones is 1. The number of hydrogen-bond donors (Lipinski definition) is 0. The molecular formula is C25H28N2O3.